The Kier molecular flexibility index (Phi) is 3.35. The van der Waals surface area contributed by atoms with Crippen LogP contribution in [-0.2, 0) is 9.59 Å². The van der Waals surface area contributed by atoms with Crippen LogP contribution in [0.1, 0.15) is 37.2 Å². The van der Waals surface area contributed by atoms with E-state index in [1.165, 1.54) is 0 Å². The number of benzene rings is 1. The zero-order valence-electron chi connectivity index (χ0n) is 12.0. The van der Waals surface area contributed by atoms with E-state index in [2.05, 4.69) is 5.32 Å². The van der Waals surface area contributed by atoms with Gasteiger partial charge in [-0.15, -0.1) is 0 Å². The van der Waals surface area contributed by atoms with Gasteiger partial charge in [-0.3, -0.25) is 9.59 Å². The Hall–Kier alpha value is -2.04. The fraction of sp³-hybridized carbons (Fsp3) is 0.500. The fourth-order valence-corrected chi connectivity index (χ4v) is 3.89. The van der Waals surface area contributed by atoms with Gasteiger partial charge in [-0.2, -0.15) is 0 Å². The molecule has 0 radical (unpaired) electrons. The lowest BCUT2D eigenvalue weighted by Gasteiger charge is -2.32. The maximum atomic E-state index is 12.2. The predicted octanol–water partition coefficient (Wildman–Crippen LogP) is 1.92. The second-order valence-corrected chi connectivity index (χ2v) is 5.92. The summed E-state index contributed by atoms with van der Waals surface area (Å²) in [5.41, 5.74) is 0.498. The Morgan fingerprint density at radius 2 is 1.90 bits per heavy atom. The van der Waals surface area contributed by atoms with Gasteiger partial charge in [-0.25, -0.2) is 0 Å². The molecule has 1 saturated carbocycles. The monoisotopic (exact) mass is 289 g/mol. The molecule has 2 aliphatic rings. The van der Waals surface area contributed by atoms with Gasteiger partial charge < -0.3 is 15.2 Å². The van der Waals surface area contributed by atoms with E-state index in [0.717, 1.165) is 37.0 Å². The van der Waals surface area contributed by atoms with Crippen molar-refractivity contribution in [3.8, 4) is 5.75 Å². The average Bonchev–Trinajstić information content (AvgIpc) is 3.04. The zero-order valence-corrected chi connectivity index (χ0v) is 12.0. The molecule has 1 aliphatic heterocycles. The second-order valence-electron chi connectivity index (χ2n) is 5.92. The Labute approximate surface area is 123 Å². The number of hydrogen-bond acceptors (Lipinski definition) is 3. The lowest BCUT2D eigenvalue weighted by Crippen LogP contribution is -2.42. The summed E-state index contributed by atoms with van der Waals surface area (Å²) >= 11 is 0. The average molecular weight is 289 g/mol. The molecule has 2 N–H and O–H groups in total. The van der Waals surface area contributed by atoms with Gasteiger partial charge >= 0.3 is 5.97 Å². The first-order valence-corrected chi connectivity index (χ1v) is 7.26. The number of carbonyl (C=O) groups excluding carboxylic acids is 1. The molecule has 0 bridgehead atoms. The summed E-state index contributed by atoms with van der Waals surface area (Å²) in [4.78, 5) is 23.7. The van der Waals surface area contributed by atoms with Crippen molar-refractivity contribution in [2.75, 3.05) is 7.11 Å². The minimum absolute atomic E-state index is 0.309. The Balaban J connectivity index is 2.03. The van der Waals surface area contributed by atoms with E-state index in [-0.39, 0.29) is 11.8 Å². The summed E-state index contributed by atoms with van der Waals surface area (Å²) in [7, 11) is 1.59. The number of carboxylic acid groups (broad SMARTS) is 1. The van der Waals surface area contributed by atoms with Crippen molar-refractivity contribution < 1.29 is 19.4 Å². The number of nitrogens with one attached hydrogen (secondary N) is 1. The van der Waals surface area contributed by atoms with Gasteiger partial charge in [0, 0.05) is 11.5 Å². The van der Waals surface area contributed by atoms with Gasteiger partial charge in [0.05, 0.1) is 7.11 Å². The molecule has 1 heterocycles. The van der Waals surface area contributed by atoms with Gasteiger partial charge in [0.15, 0.2) is 0 Å². The normalized spacial score (nSPS) is 26.8. The maximum absolute atomic E-state index is 12.2. The minimum atomic E-state index is -1.04. The van der Waals surface area contributed by atoms with E-state index >= 15 is 0 Å². The molecule has 3 rings (SSSR count). The van der Waals surface area contributed by atoms with Gasteiger partial charge in [0.1, 0.15) is 11.7 Å². The molecule has 0 aromatic heterocycles. The molecule has 21 heavy (non-hydrogen) atoms. The van der Waals surface area contributed by atoms with Crippen LogP contribution in [0.4, 0.5) is 0 Å². The lowest BCUT2D eigenvalue weighted by molar-refractivity contribution is -0.145. The molecule has 5 nitrogen and oxygen atoms in total. The van der Waals surface area contributed by atoms with Crippen LogP contribution in [-0.4, -0.2) is 29.6 Å². The quantitative estimate of drug-likeness (QED) is 0.834. The number of hydrogen-bond donors (Lipinski definition) is 2. The third kappa shape index (κ3) is 2.17. The number of aliphatic carboxylic acids is 1. The first kappa shape index (κ1) is 13.9. The van der Waals surface area contributed by atoms with Crippen molar-refractivity contribution in [2.45, 2.75) is 37.1 Å². The summed E-state index contributed by atoms with van der Waals surface area (Å²) in [5.74, 6) is -1.99. The number of ether oxygens (including phenoxy) is 1. The summed E-state index contributed by atoms with van der Waals surface area (Å²) in [6.45, 7) is 0. The van der Waals surface area contributed by atoms with Crippen molar-refractivity contribution in [2.24, 2.45) is 5.92 Å². The standard InChI is InChI=1S/C16H19NO4/c1-21-11-6-4-10(5-7-11)13-12(15(19)20)14(18)17-16(13)8-2-3-9-16/h4-7,12-13H,2-3,8-9H2,1H3,(H,17,18)(H,19,20). The summed E-state index contributed by atoms with van der Waals surface area (Å²) in [6, 6.07) is 7.39. The van der Waals surface area contributed by atoms with Crippen molar-refractivity contribution in [1.82, 2.24) is 5.32 Å². The van der Waals surface area contributed by atoms with Crippen molar-refractivity contribution in [1.29, 1.82) is 0 Å². The minimum Gasteiger partial charge on any atom is -0.497 e. The number of amides is 1. The second kappa shape index (κ2) is 5.06. The van der Waals surface area contributed by atoms with E-state index in [0.29, 0.717) is 0 Å². The van der Waals surface area contributed by atoms with E-state index in [9.17, 15) is 14.7 Å². The highest BCUT2D eigenvalue weighted by atomic mass is 16.5. The van der Waals surface area contributed by atoms with Gasteiger partial charge in [-0.05, 0) is 30.5 Å². The molecule has 1 amide bonds. The summed E-state index contributed by atoms with van der Waals surface area (Å²) in [5, 5.41) is 12.5. The molecular weight excluding hydrogens is 270 g/mol. The van der Waals surface area contributed by atoms with E-state index in [1.54, 1.807) is 7.11 Å². The summed E-state index contributed by atoms with van der Waals surface area (Å²) in [6.07, 6.45) is 3.75. The Bertz CT molecular complexity index is 560. The smallest absolute Gasteiger partial charge is 0.316 e. The van der Waals surface area contributed by atoms with Crippen molar-refractivity contribution in [3.63, 3.8) is 0 Å². The Morgan fingerprint density at radius 3 is 2.43 bits per heavy atom. The number of carboxylic acids is 1. The number of carbonyl (C=O) groups is 2. The Morgan fingerprint density at radius 1 is 1.29 bits per heavy atom. The molecule has 2 fully saturated rings. The van der Waals surface area contributed by atoms with E-state index in [4.69, 9.17) is 4.74 Å². The molecule has 1 aliphatic carbocycles. The highest BCUT2D eigenvalue weighted by Crippen LogP contribution is 2.49. The lowest BCUT2D eigenvalue weighted by atomic mass is 9.74. The van der Waals surface area contributed by atoms with Gasteiger partial charge in [0.25, 0.3) is 0 Å². The van der Waals surface area contributed by atoms with Crippen LogP contribution in [0.5, 0.6) is 5.75 Å². The van der Waals surface area contributed by atoms with Crippen LogP contribution < -0.4 is 10.1 Å². The third-order valence-electron chi connectivity index (χ3n) is 4.82. The van der Waals surface area contributed by atoms with Crippen LogP contribution >= 0.6 is 0 Å². The fourth-order valence-electron chi connectivity index (χ4n) is 3.89. The molecule has 2 unspecified atom stereocenters. The largest absolute Gasteiger partial charge is 0.497 e. The molecule has 2 atom stereocenters. The molecule has 1 aromatic carbocycles. The molecule has 1 aromatic rings. The first-order chi connectivity index (χ1) is 10.1. The first-order valence-electron chi connectivity index (χ1n) is 7.26. The molecule has 112 valence electrons. The van der Waals surface area contributed by atoms with Crippen LogP contribution in [0.3, 0.4) is 0 Å². The molecular formula is C16H19NO4. The zero-order chi connectivity index (χ0) is 15.0. The van der Waals surface area contributed by atoms with Crippen molar-refractivity contribution >= 4 is 11.9 Å². The van der Waals surface area contributed by atoms with Crippen LogP contribution in [0.2, 0.25) is 0 Å². The predicted molar refractivity (Wildman–Crippen MR) is 76.2 cm³/mol. The summed E-state index contributed by atoms with van der Waals surface area (Å²) < 4.78 is 5.15. The van der Waals surface area contributed by atoms with Crippen molar-refractivity contribution in [3.05, 3.63) is 29.8 Å². The number of rotatable bonds is 3. The molecule has 5 heteroatoms. The highest BCUT2D eigenvalue weighted by molar-refractivity contribution is 6.01. The van der Waals surface area contributed by atoms with E-state index in [1.807, 2.05) is 24.3 Å². The van der Waals surface area contributed by atoms with Crippen LogP contribution in [0.25, 0.3) is 0 Å². The van der Waals surface area contributed by atoms with Gasteiger partial charge in [-0.1, -0.05) is 25.0 Å². The third-order valence-corrected chi connectivity index (χ3v) is 4.82. The maximum Gasteiger partial charge on any atom is 0.316 e. The molecule has 1 spiro atoms. The van der Waals surface area contributed by atoms with Crippen LogP contribution in [0.15, 0.2) is 24.3 Å². The van der Waals surface area contributed by atoms with E-state index < -0.39 is 17.4 Å². The van der Waals surface area contributed by atoms with Gasteiger partial charge in [0.2, 0.25) is 5.91 Å². The highest BCUT2D eigenvalue weighted by Gasteiger charge is 2.57. The SMILES string of the molecule is COc1ccc(C2C(C(=O)O)C(=O)NC23CCCC3)cc1. The number of methoxy groups -OCH3 is 1. The molecule has 1 saturated heterocycles. The topological polar surface area (TPSA) is 75.6 Å². The van der Waals surface area contributed by atoms with Crippen LogP contribution in [0, 0.1) is 5.92 Å².